The lowest BCUT2D eigenvalue weighted by Gasteiger charge is -2.25. The maximum absolute atomic E-state index is 12.2. The first kappa shape index (κ1) is 10.3. The van der Waals surface area contributed by atoms with Crippen molar-refractivity contribution in [2.24, 2.45) is 5.92 Å². The molecule has 1 aliphatic carbocycles. The Bertz CT molecular complexity index is 234. The van der Waals surface area contributed by atoms with Gasteiger partial charge in [0, 0.05) is 5.82 Å². The molecule has 0 saturated heterocycles. The van der Waals surface area contributed by atoms with Crippen molar-refractivity contribution >= 4 is 7.12 Å². The summed E-state index contributed by atoms with van der Waals surface area (Å²) in [5.41, 5.74) is 0. The lowest BCUT2D eigenvalue weighted by molar-refractivity contribution is -0.161. The number of alkyl halides is 3. The molecular formula is C7H8BF3O2. The Morgan fingerprint density at radius 1 is 1.08 bits per heavy atom. The van der Waals surface area contributed by atoms with Crippen LogP contribution in [0, 0.1) is 5.92 Å². The van der Waals surface area contributed by atoms with Crippen molar-refractivity contribution in [3.05, 3.63) is 24.3 Å². The fraction of sp³-hybridized carbons (Fsp3) is 0.429. The molecule has 13 heavy (non-hydrogen) atoms. The molecule has 0 aliphatic heterocycles. The zero-order valence-electron chi connectivity index (χ0n) is 6.57. The van der Waals surface area contributed by atoms with Gasteiger partial charge < -0.3 is 10.0 Å². The molecule has 0 aromatic rings. The first-order chi connectivity index (χ1) is 5.93. The van der Waals surface area contributed by atoms with Gasteiger partial charge in [-0.05, 0) is 0 Å². The van der Waals surface area contributed by atoms with Gasteiger partial charge in [-0.2, -0.15) is 13.2 Å². The van der Waals surface area contributed by atoms with Crippen LogP contribution in [-0.4, -0.2) is 23.3 Å². The standard InChI is InChI=1S/C7H8BF3O2/c9-7(10,11)5-3-1-2-4-6(5)8(12)13/h1-6,12-13H. The van der Waals surface area contributed by atoms with Crippen LogP contribution >= 0.6 is 0 Å². The van der Waals surface area contributed by atoms with Gasteiger partial charge in [0.25, 0.3) is 0 Å². The van der Waals surface area contributed by atoms with Crippen LogP contribution in [0.3, 0.4) is 0 Å². The summed E-state index contributed by atoms with van der Waals surface area (Å²) in [6, 6.07) is 0. The number of hydrogen-bond acceptors (Lipinski definition) is 2. The molecule has 2 nitrogen and oxygen atoms in total. The van der Waals surface area contributed by atoms with Crippen molar-refractivity contribution in [1.29, 1.82) is 0 Å². The smallest absolute Gasteiger partial charge is 0.427 e. The molecule has 72 valence electrons. The second-order valence-electron chi connectivity index (χ2n) is 2.83. The molecule has 2 unspecified atom stereocenters. The highest BCUT2D eigenvalue weighted by Gasteiger charge is 2.46. The molecule has 0 spiro atoms. The molecule has 0 fully saturated rings. The highest BCUT2D eigenvalue weighted by atomic mass is 19.4. The Labute approximate surface area is 73.5 Å². The van der Waals surface area contributed by atoms with E-state index in [1.54, 1.807) is 0 Å². The zero-order valence-corrected chi connectivity index (χ0v) is 6.57. The average molecular weight is 192 g/mol. The Morgan fingerprint density at radius 3 is 2.00 bits per heavy atom. The zero-order chi connectivity index (χ0) is 10.1. The van der Waals surface area contributed by atoms with Gasteiger partial charge in [0.15, 0.2) is 0 Å². The van der Waals surface area contributed by atoms with Crippen LogP contribution in [0.2, 0.25) is 5.82 Å². The largest absolute Gasteiger partial charge is 0.459 e. The van der Waals surface area contributed by atoms with E-state index in [1.165, 1.54) is 12.2 Å². The molecule has 2 N–H and O–H groups in total. The molecule has 0 heterocycles. The van der Waals surface area contributed by atoms with Gasteiger partial charge >= 0.3 is 13.3 Å². The van der Waals surface area contributed by atoms with E-state index in [4.69, 9.17) is 10.0 Å². The third-order valence-corrected chi connectivity index (χ3v) is 1.90. The van der Waals surface area contributed by atoms with E-state index in [0.717, 1.165) is 12.2 Å². The third kappa shape index (κ3) is 2.35. The lowest BCUT2D eigenvalue weighted by atomic mass is 9.64. The highest BCUT2D eigenvalue weighted by molar-refractivity contribution is 6.44. The van der Waals surface area contributed by atoms with Crippen molar-refractivity contribution in [3.63, 3.8) is 0 Å². The van der Waals surface area contributed by atoms with Crippen LogP contribution in [0.25, 0.3) is 0 Å². The first-order valence-corrected chi connectivity index (χ1v) is 3.71. The van der Waals surface area contributed by atoms with E-state index >= 15 is 0 Å². The van der Waals surface area contributed by atoms with Crippen molar-refractivity contribution in [2.45, 2.75) is 12.0 Å². The summed E-state index contributed by atoms with van der Waals surface area (Å²) in [7, 11) is -1.98. The summed E-state index contributed by atoms with van der Waals surface area (Å²) < 4.78 is 36.7. The molecule has 0 amide bonds. The summed E-state index contributed by atoms with van der Waals surface area (Å²) in [5, 5.41) is 17.4. The summed E-state index contributed by atoms with van der Waals surface area (Å²) in [6.07, 6.45) is 0.242. The van der Waals surface area contributed by atoms with Gasteiger partial charge in [-0.1, -0.05) is 24.3 Å². The van der Waals surface area contributed by atoms with Crippen molar-refractivity contribution < 1.29 is 23.2 Å². The number of allylic oxidation sites excluding steroid dienone is 4. The van der Waals surface area contributed by atoms with Crippen LogP contribution < -0.4 is 0 Å². The van der Waals surface area contributed by atoms with Crippen LogP contribution in [0.4, 0.5) is 13.2 Å². The number of hydrogen-bond donors (Lipinski definition) is 2. The molecular weight excluding hydrogens is 184 g/mol. The Kier molecular flexibility index (Phi) is 2.82. The molecule has 2 atom stereocenters. The number of halogens is 3. The SMILES string of the molecule is OB(O)C1C=CC=CC1C(F)(F)F. The van der Waals surface area contributed by atoms with E-state index in [-0.39, 0.29) is 0 Å². The monoisotopic (exact) mass is 192 g/mol. The van der Waals surface area contributed by atoms with Gasteiger partial charge in [0.2, 0.25) is 0 Å². The molecule has 1 rings (SSSR count). The predicted octanol–water partition coefficient (Wildman–Crippen LogP) is 1.13. The predicted molar refractivity (Wildman–Crippen MR) is 41.8 cm³/mol. The first-order valence-electron chi connectivity index (χ1n) is 3.71. The van der Waals surface area contributed by atoms with Crippen LogP contribution in [0.15, 0.2) is 24.3 Å². The minimum absolute atomic E-state index is 0.921. The van der Waals surface area contributed by atoms with Crippen molar-refractivity contribution in [1.82, 2.24) is 0 Å². The van der Waals surface area contributed by atoms with Gasteiger partial charge in [0.05, 0.1) is 5.92 Å². The molecule has 1 aliphatic rings. The quantitative estimate of drug-likeness (QED) is 0.611. The Hall–Kier alpha value is -0.745. The lowest BCUT2D eigenvalue weighted by Crippen LogP contribution is -2.34. The summed E-state index contributed by atoms with van der Waals surface area (Å²) in [4.78, 5) is 0. The molecule has 0 aromatic carbocycles. The van der Waals surface area contributed by atoms with E-state index in [2.05, 4.69) is 0 Å². The van der Waals surface area contributed by atoms with Crippen molar-refractivity contribution in [3.8, 4) is 0 Å². The average Bonchev–Trinajstić information content (AvgIpc) is 2.03. The van der Waals surface area contributed by atoms with Crippen LogP contribution in [0.1, 0.15) is 0 Å². The number of rotatable bonds is 1. The van der Waals surface area contributed by atoms with E-state index in [1.807, 2.05) is 0 Å². The second kappa shape index (κ2) is 3.55. The highest BCUT2D eigenvalue weighted by Crippen LogP contribution is 2.39. The van der Waals surface area contributed by atoms with Gasteiger partial charge in [-0.3, -0.25) is 0 Å². The van der Waals surface area contributed by atoms with E-state index < -0.39 is 25.0 Å². The topological polar surface area (TPSA) is 40.5 Å². The van der Waals surface area contributed by atoms with E-state index in [0.29, 0.717) is 0 Å². The fourth-order valence-electron chi connectivity index (χ4n) is 1.24. The van der Waals surface area contributed by atoms with Crippen molar-refractivity contribution in [2.75, 3.05) is 0 Å². The molecule has 6 heteroatoms. The summed E-state index contributed by atoms with van der Waals surface area (Å²) in [6.45, 7) is 0. The Balaban J connectivity index is 2.83. The molecule has 0 radical (unpaired) electrons. The van der Waals surface area contributed by atoms with E-state index in [9.17, 15) is 13.2 Å². The minimum atomic E-state index is -4.43. The van der Waals surface area contributed by atoms with Gasteiger partial charge in [0.1, 0.15) is 0 Å². The molecule has 0 bridgehead atoms. The summed E-state index contributed by atoms with van der Waals surface area (Å²) >= 11 is 0. The minimum Gasteiger partial charge on any atom is -0.427 e. The van der Waals surface area contributed by atoms with Gasteiger partial charge in [-0.15, -0.1) is 0 Å². The van der Waals surface area contributed by atoms with Crippen LogP contribution in [0.5, 0.6) is 0 Å². The maximum atomic E-state index is 12.2. The molecule has 0 aromatic heterocycles. The maximum Gasteiger partial charge on any atom is 0.459 e. The van der Waals surface area contributed by atoms with Gasteiger partial charge in [-0.25, -0.2) is 0 Å². The fourth-order valence-corrected chi connectivity index (χ4v) is 1.24. The third-order valence-electron chi connectivity index (χ3n) is 1.90. The second-order valence-corrected chi connectivity index (χ2v) is 2.83. The van der Waals surface area contributed by atoms with Crippen LogP contribution in [-0.2, 0) is 0 Å². The normalized spacial score (nSPS) is 27.8. The summed E-state index contributed by atoms with van der Waals surface area (Å²) in [5.74, 6) is -3.11. The molecule has 0 saturated carbocycles. The Morgan fingerprint density at radius 2 is 1.62 bits per heavy atom.